The molecule has 2 aromatic heterocycles. The molecule has 0 radical (unpaired) electrons. The summed E-state index contributed by atoms with van der Waals surface area (Å²) in [6.45, 7) is 5.99. The van der Waals surface area contributed by atoms with E-state index in [1.807, 2.05) is 12.3 Å². The number of pyridine rings is 1. The number of aromatic nitrogens is 2. The van der Waals surface area contributed by atoms with Crippen LogP contribution in [-0.4, -0.2) is 53.6 Å². The first-order chi connectivity index (χ1) is 11.5. The molecule has 1 unspecified atom stereocenters. The highest BCUT2D eigenvalue weighted by Gasteiger charge is 2.30. The summed E-state index contributed by atoms with van der Waals surface area (Å²) < 4.78 is 5.17. The van der Waals surface area contributed by atoms with Gasteiger partial charge in [-0.2, -0.15) is 0 Å². The van der Waals surface area contributed by atoms with Crippen molar-refractivity contribution in [3.05, 3.63) is 39.3 Å². The number of rotatable bonds is 3. The van der Waals surface area contributed by atoms with Gasteiger partial charge in [0.1, 0.15) is 5.75 Å². The lowest BCUT2D eigenvalue weighted by atomic mass is 10.1. The fraction of sp³-hybridized carbons (Fsp3) is 0.438. The number of nitrogens with one attached hydrogen (secondary N) is 1. The van der Waals surface area contributed by atoms with E-state index >= 15 is 0 Å². The molecule has 2 aromatic rings. The minimum atomic E-state index is -0.291. The Labute approximate surface area is 143 Å². The molecule has 3 heterocycles. The van der Waals surface area contributed by atoms with Crippen molar-refractivity contribution in [2.75, 3.05) is 31.6 Å². The number of piperazine rings is 1. The summed E-state index contributed by atoms with van der Waals surface area (Å²) in [5.74, 6) is 0.166. The molecule has 24 heavy (non-hydrogen) atoms. The fourth-order valence-electron chi connectivity index (χ4n) is 2.86. The number of methoxy groups -OCH3 is 1. The van der Waals surface area contributed by atoms with Crippen LogP contribution in [0, 0.1) is 6.92 Å². The zero-order valence-electron chi connectivity index (χ0n) is 13.9. The molecule has 0 aliphatic carbocycles. The van der Waals surface area contributed by atoms with Gasteiger partial charge in [0, 0.05) is 43.3 Å². The highest BCUT2D eigenvalue weighted by atomic mass is 32.1. The van der Waals surface area contributed by atoms with Crippen molar-refractivity contribution >= 4 is 22.4 Å². The van der Waals surface area contributed by atoms with Crippen molar-refractivity contribution < 1.29 is 9.53 Å². The van der Waals surface area contributed by atoms with Crippen LogP contribution in [0.5, 0.6) is 5.75 Å². The number of aromatic amines is 1. The second-order valence-electron chi connectivity index (χ2n) is 5.84. The molecule has 3 rings (SSSR count). The Balaban J connectivity index is 1.76. The SMILES string of the molecule is COc1cc(=O)[nH]cc1C(=O)N1CCN(c2nc(C)cs2)C(C)C1. The lowest BCUT2D eigenvalue weighted by Gasteiger charge is -2.39. The summed E-state index contributed by atoms with van der Waals surface area (Å²) >= 11 is 1.63. The number of thiazole rings is 1. The van der Waals surface area contributed by atoms with E-state index in [0.717, 1.165) is 17.4 Å². The van der Waals surface area contributed by atoms with E-state index in [1.54, 1.807) is 16.2 Å². The second kappa shape index (κ2) is 6.64. The predicted octanol–water partition coefficient (Wildman–Crippen LogP) is 1.50. The number of carbonyl (C=O) groups is 1. The molecule has 0 bridgehead atoms. The van der Waals surface area contributed by atoms with Crippen molar-refractivity contribution in [2.24, 2.45) is 0 Å². The second-order valence-corrected chi connectivity index (χ2v) is 6.68. The maximum Gasteiger partial charge on any atom is 0.259 e. The van der Waals surface area contributed by atoms with Gasteiger partial charge >= 0.3 is 0 Å². The maximum atomic E-state index is 12.8. The molecule has 1 aliphatic rings. The molecular formula is C16H20N4O3S. The van der Waals surface area contributed by atoms with Crippen molar-refractivity contribution in [2.45, 2.75) is 19.9 Å². The molecule has 1 amide bonds. The number of carbonyl (C=O) groups excluding carboxylic acids is 1. The number of anilines is 1. The lowest BCUT2D eigenvalue weighted by Crippen LogP contribution is -2.53. The Morgan fingerprint density at radius 3 is 2.88 bits per heavy atom. The van der Waals surface area contributed by atoms with Gasteiger partial charge in [0.25, 0.3) is 11.5 Å². The van der Waals surface area contributed by atoms with Crippen LogP contribution >= 0.6 is 11.3 Å². The van der Waals surface area contributed by atoms with E-state index in [4.69, 9.17) is 4.74 Å². The van der Waals surface area contributed by atoms with E-state index in [9.17, 15) is 9.59 Å². The number of ether oxygens (including phenoxy) is 1. The van der Waals surface area contributed by atoms with Crippen LogP contribution in [0.25, 0.3) is 0 Å². The minimum Gasteiger partial charge on any atom is -0.496 e. The largest absolute Gasteiger partial charge is 0.496 e. The van der Waals surface area contributed by atoms with Crippen LogP contribution in [0.15, 0.2) is 22.4 Å². The van der Waals surface area contributed by atoms with Gasteiger partial charge in [-0.25, -0.2) is 4.98 Å². The first kappa shape index (κ1) is 16.5. The number of H-pyrrole nitrogens is 1. The van der Waals surface area contributed by atoms with Crippen LogP contribution in [0.2, 0.25) is 0 Å². The average Bonchev–Trinajstić information content (AvgIpc) is 3.00. The normalized spacial score (nSPS) is 17.9. The molecule has 1 aliphatic heterocycles. The zero-order valence-corrected chi connectivity index (χ0v) is 14.7. The first-order valence-corrected chi connectivity index (χ1v) is 8.62. The molecule has 1 atom stereocenters. The van der Waals surface area contributed by atoms with Gasteiger partial charge in [0.05, 0.1) is 18.4 Å². The quantitative estimate of drug-likeness (QED) is 0.909. The van der Waals surface area contributed by atoms with Crippen molar-refractivity contribution in [1.29, 1.82) is 0 Å². The van der Waals surface area contributed by atoms with Crippen molar-refractivity contribution in [3.8, 4) is 5.75 Å². The maximum absolute atomic E-state index is 12.8. The Hall–Kier alpha value is -2.35. The summed E-state index contributed by atoms with van der Waals surface area (Å²) in [6.07, 6.45) is 1.42. The molecule has 8 heteroatoms. The van der Waals surface area contributed by atoms with Gasteiger partial charge < -0.3 is 19.5 Å². The van der Waals surface area contributed by atoms with E-state index in [0.29, 0.717) is 24.4 Å². The predicted molar refractivity (Wildman–Crippen MR) is 93.2 cm³/mol. The summed E-state index contributed by atoms with van der Waals surface area (Å²) in [4.78, 5) is 35.2. The molecule has 0 saturated carbocycles. The molecule has 7 nitrogen and oxygen atoms in total. The Bertz CT molecular complexity index is 801. The van der Waals surface area contributed by atoms with Crippen LogP contribution in [-0.2, 0) is 0 Å². The van der Waals surface area contributed by atoms with Gasteiger partial charge in [-0.3, -0.25) is 9.59 Å². The van der Waals surface area contributed by atoms with Gasteiger partial charge in [-0.05, 0) is 13.8 Å². The van der Waals surface area contributed by atoms with Crippen molar-refractivity contribution in [1.82, 2.24) is 14.9 Å². The van der Waals surface area contributed by atoms with E-state index in [2.05, 4.69) is 21.8 Å². The summed E-state index contributed by atoms with van der Waals surface area (Å²) in [7, 11) is 1.46. The third-order valence-corrected chi connectivity index (χ3v) is 5.10. The third-order valence-electron chi connectivity index (χ3n) is 4.10. The highest BCUT2D eigenvalue weighted by molar-refractivity contribution is 7.13. The summed E-state index contributed by atoms with van der Waals surface area (Å²) in [5, 5.41) is 3.03. The van der Waals surface area contributed by atoms with Crippen LogP contribution in [0.1, 0.15) is 23.0 Å². The molecule has 1 saturated heterocycles. The van der Waals surface area contributed by atoms with Crippen LogP contribution in [0.3, 0.4) is 0 Å². The van der Waals surface area contributed by atoms with E-state index in [1.165, 1.54) is 19.4 Å². The first-order valence-electron chi connectivity index (χ1n) is 7.74. The number of aryl methyl sites for hydroxylation is 1. The average molecular weight is 348 g/mol. The molecule has 1 fully saturated rings. The summed E-state index contributed by atoms with van der Waals surface area (Å²) in [6, 6.07) is 1.47. The van der Waals surface area contributed by atoms with Gasteiger partial charge in [-0.15, -0.1) is 11.3 Å². The number of amides is 1. The van der Waals surface area contributed by atoms with Crippen molar-refractivity contribution in [3.63, 3.8) is 0 Å². The Morgan fingerprint density at radius 2 is 2.25 bits per heavy atom. The minimum absolute atomic E-state index is 0.134. The number of hydrogen-bond acceptors (Lipinski definition) is 6. The number of nitrogens with zero attached hydrogens (tertiary/aromatic N) is 3. The Morgan fingerprint density at radius 1 is 1.46 bits per heavy atom. The molecular weight excluding hydrogens is 328 g/mol. The van der Waals surface area contributed by atoms with Crippen LogP contribution < -0.4 is 15.2 Å². The monoisotopic (exact) mass is 348 g/mol. The van der Waals surface area contributed by atoms with Crippen LogP contribution in [0.4, 0.5) is 5.13 Å². The third kappa shape index (κ3) is 3.14. The zero-order chi connectivity index (χ0) is 17.3. The number of hydrogen-bond donors (Lipinski definition) is 1. The smallest absolute Gasteiger partial charge is 0.259 e. The molecule has 128 valence electrons. The van der Waals surface area contributed by atoms with Gasteiger partial charge in [-0.1, -0.05) is 0 Å². The van der Waals surface area contributed by atoms with E-state index < -0.39 is 0 Å². The Kier molecular flexibility index (Phi) is 4.57. The summed E-state index contributed by atoms with van der Waals surface area (Å²) in [5.41, 5.74) is 1.10. The molecule has 1 N–H and O–H groups in total. The molecule has 0 aromatic carbocycles. The topological polar surface area (TPSA) is 78.5 Å². The highest BCUT2D eigenvalue weighted by Crippen LogP contribution is 2.26. The fourth-order valence-corrected chi connectivity index (χ4v) is 3.79. The molecule has 0 spiro atoms. The van der Waals surface area contributed by atoms with Gasteiger partial charge in [0.15, 0.2) is 5.13 Å². The van der Waals surface area contributed by atoms with E-state index in [-0.39, 0.29) is 17.5 Å². The van der Waals surface area contributed by atoms with Gasteiger partial charge in [0.2, 0.25) is 0 Å². The standard InChI is InChI=1S/C16H20N4O3S/c1-10-9-24-16(18-10)20-5-4-19(8-11(20)2)15(22)12-7-17-14(21)6-13(12)23-3/h6-7,9,11H,4-5,8H2,1-3H3,(H,17,21). The lowest BCUT2D eigenvalue weighted by molar-refractivity contribution is 0.0722.